The monoisotopic (exact) mass is 418 g/mol. The van der Waals surface area contributed by atoms with Gasteiger partial charge in [-0.1, -0.05) is 23.7 Å². The van der Waals surface area contributed by atoms with Crippen LogP contribution in [-0.4, -0.2) is 62.9 Å². The zero-order valence-electron chi connectivity index (χ0n) is 16.3. The number of aromatic nitrogens is 3. The van der Waals surface area contributed by atoms with E-state index >= 15 is 0 Å². The molecule has 0 saturated carbocycles. The Morgan fingerprint density at radius 2 is 1.93 bits per heavy atom. The Hall–Kier alpha value is -2.32. The number of carboxylic acids is 1. The quantitative estimate of drug-likeness (QED) is 0.683. The highest BCUT2D eigenvalue weighted by molar-refractivity contribution is 6.30. The molecule has 0 radical (unpaired) electrons. The third kappa shape index (κ3) is 4.64. The van der Waals surface area contributed by atoms with E-state index < -0.39 is 5.97 Å². The summed E-state index contributed by atoms with van der Waals surface area (Å²) < 4.78 is 0. The number of benzene rings is 1. The van der Waals surface area contributed by atoms with Crippen molar-refractivity contribution < 1.29 is 9.90 Å². The number of aromatic amines is 1. The summed E-state index contributed by atoms with van der Waals surface area (Å²) in [4.78, 5) is 20.4. The second-order valence-electron chi connectivity index (χ2n) is 8.03. The molecule has 0 amide bonds. The molecule has 0 aliphatic carbocycles. The highest BCUT2D eigenvalue weighted by Gasteiger charge is 2.37. The fourth-order valence-electron chi connectivity index (χ4n) is 4.62. The third-order valence-electron chi connectivity index (χ3n) is 6.19. The Balaban J connectivity index is 1.44. The van der Waals surface area contributed by atoms with Crippen molar-refractivity contribution in [1.82, 2.24) is 20.1 Å². The Labute approximate surface area is 175 Å². The van der Waals surface area contributed by atoms with Crippen LogP contribution in [-0.2, 0) is 11.2 Å². The highest BCUT2D eigenvalue weighted by Crippen LogP contribution is 2.31. The number of nitrogens with zero attached hydrogens (tertiary/aromatic N) is 4. The van der Waals surface area contributed by atoms with Crippen LogP contribution in [0.25, 0.3) is 0 Å². The van der Waals surface area contributed by atoms with E-state index in [-0.39, 0.29) is 5.92 Å². The van der Waals surface area contributed by atoms with E-state index in [1.54, 1.807) is 0 Å². The van der Waals surface area contributed by atoms with Gasteiger partial charge in [-0.15, -0.1) is 5.10 Å². The standard InChI is InChI=1S/C20H27ClN6O2/c21-15-4-1-13(2-5-15)11-17-6-3-14(18(28)29)12-27(17)16-7-9-26(10-8-16)20-23-19(22)24-25-20/h1-2,4-5,14,16-17H,3,6-12H2,(H,28,29)(H3,22,23,24,25). The van der Waals surface area contributed by atoms with Gasteiger partial charge in [0.25, 0.3) is 0 Å². The lowest BCUT2D eigenvalue weighted by Gasteiger charge is -2.46. The van der Waals surface area contributed by atoms with Gasteiger partial charge >= 0.3 is 5.97 Å². The second kappa shape index (κ2) is 8.59. The van der Waals surface area contributed by atoms with Crippen LogP contribution in [0.5, 0.6) is 0 Å². The molecule has 4 rings (SSSR count). The maximum atomic E-state index is 11.6. The SMILES string of the molecule is Nc1nc(N2CCC(N3CC(C(=O)O)CCC3Cc3ccc(Cl)cc3)CC2)n[nH]1. The molecule has 0 bridgehead atoms. The Morgan fingerprint density at radius 3 is 2.55 bits per heavy atom. The molecule has 2 aliphatic rings. The summed E-state index contributed by atoms with van der Waals surface area (Å²) in [5.41, 5.74) is 6.89. The van der Waals surface area contributed by atoms with Crippen molar-refractivity contribution in [2.75, 3.05) is 30.3 Å². The number of piperidine rings is 2. The first-order valence-corrected chi connectivity index (χ1v) is 10.5. The number of rotatable bonds is 5. The molecule has 2 saturated heterocycles. The average molecular weight is 419 g/mol. The molecule has 2 fully saturated rings. The number of halogens is 1. The average Bonchev–Trinajstić information content (AvgIpc) is 3.16. The summed E-state index contributed by atoms with van der Waals surface area (Å²) in [5, 5.41) is 17.1. The first-order valence-electron chi connectivity index (χ1n) is 10.2. The molecule has 156 valence electrons. The first kappa shape index (κ1) is 20.0. The van der Waals surface area contributed by atoms with Crippen molar-refractivity contribution in [3.63, 3.8) is 0 Å². The lowest BCUT2D eigenvalue weighted by Crippen LogP contribution is -2.54. The maximum Gasteiger partial charge on any atom is 0.307 e. The number of nitrogens with two attached hydrogens (primary N) is 1. The molecule has 8 nitrogen and oxygen atoms in total. The smallest absolute Gasteiger partial charge is 0.307 e. The molecule has 4 N–H and O–H groups in total. The van der Waals surface area contributed by atoms with Crippen LogP contribution in [0.2, 0.25) is 5.02 Å². The van der Waals surface area contributed by atoms with Gasteiger partial charge in [0.05, 0.1) is 5.92 Å². The van der Waals surface area contributed by atoms with Gasteiger partial charge in [0.15, 0.2) is 0 Å². The van der Waals surface area contributed by atoms with Crippen LogP contribution in [0.15, 0.2) is 24.3 Å². The molecule has 3 heterocycles. The van der Waals surface area contributed by atoms with E-state index in [1.165, 1.54) is 5.56 Å². The fourth-order valence-corrected chi connectivity index (χ4v) is 4.74. The summed E-state index contributed by atoms with van der Waals surface area (Å²) in [6, 6.07) is 8.70. The van der Waals surface area contributed by atoms with Crippen molar-refractivity contribution in [3.05, 3.63) is 34.9 Å². The molecule has 9 heteroatoms. The van der Waals surface area contributed by atoms with Crippen LogP contribution in [0.4, 0.5) is 11.9 Å². The lowest BCUT2D eigenvalue weighted by atomic mass is 9.86. The maximum absolute atomic E-state index is 11.6. The predicted molar refractivity (Wildman–Crippen MR) is 112 cm³/mol. The number of nitrogens with one attached hydrogen (secondary N) is 1. The van der Waals surface area contributed by atoms with E-state index in [1.807, 2.05) is 12.1 Å². The Morgan fingerprint density at radius 1 is 1.21 bits per heavy atom. The normalized spacial score (nSPS) is 24.0. The zero-order chi connectivity index (χ0) is 20.4. The van der Waals surface area contributed by atoms with E-state index in [4.69, 9.17) is 17.3 Å². The van der Waals surface area contributed by atoms with Crippen molar-refractivity contribution in [2.24, 2.45) is 5.92 Å². The van der Waals surface area contributed by atoms with Gasteiger partial charge in [-0.3, -0.25) is 9.69 Å². The van der Waals surface area contributed by atoms with Crippen LogP contribution >= 0.6 is 11.6 Å². The Bertz CT molecular complexity index is 834. The fraction of sp³-hybridized carbons (Fsp3) is 0.550. The molecule has 1 aromatic heterocycles. The number of H-pyrrole nitrogens is 1. The number of carbonyl (C=O) groups is 1. The van der Waals surface area contributed by atoms with Crippen molar-refractivity contribution in [3.8, 4) is 0 Å². The van der Waals surface area contributed by atoms with E-state index in [9.17, 15) is 9.90 Å². The van der Waals surface area contributed by atoms with Gasteiger partial charge in [0, 0.05) is 36.7 Å². The molecule has 0 spiro atoms. The summed E-state index contributed by atoms with van der Waals surface area (Å²) in [6.45, 7) is 2.29. The van der Waals surface area contributed by atoms with Crippen LogP contribution in [0.3, 0.4) is 0 Å². The molecule has 2 atom stereocenters. The number of nitrogen functional groups attached to an aromatic ring is 1. The number of hydrogen-bond acceptors (Lipinski definition) is 6. The third-order valence-corrected chi connectivity index (χ3v) is 6.44. The molecular weight excluding hydrogens is 392 g/mol. The second-order valence-corrected chi connectivity index (χ2v) is 8.47. The summed E-state index contributed by atoms with van der Waals surface area (Å²) in [6.07, 6.45) is 4.47. The molecule has 1 aromatic carbocycles. The minimum atomic E-state index is -0.687. The minimum absolute atomic E-state index is 0.290. The van der Waals surface area contributed by atoms with Gasteiger partial charge in [-0.2, -0.15) is 4.98 Å². The molecular formula is C20H27ClN6O2. The van der Waals surface area contributed by atoms with Crippen LogP contribution in [0, 0.1) is 5.92 Å². The topological polar surface area (TPSA) is 111 Å². The minimum Gasteiger partial charge on any atom is -0.481 e. The highest BCUT2D eigenvalue weighted by atomic mass is 35.5. The molecule has 29 heavy (non-hydrogen) atoms. The van der Waals surface area contributed by atoms with Gasteiger partial charge in [0.1, 0.15) is 0 Å². The van der Waals surface area contributed by atoms with Gasteiger partial charge in [-0.25, -0.2) is 5.10 Å². The van der Waals surface area contributed by atoms with E-state index in [0.29, 0.717) is 30.5 Å². The molecule has 2 aliphatic heterocycles. The number of carboxylic acid groups (broad SMARTS) is 1. The summed E-state index contributed by atoms with van der Waals surface area (Å²) in [5.74, 6) is -0.0120. The van der Waals surface area contributed by atoms with Crippen molar-refractivity contribution >= 4 is 29.5 Å². The van der Waals surface area contributed by atoms with Crippen LogP contribution < -0.4 is 10.6 Å². The lowest BCUT2D eigenvalue weighted by molar-refractivity contribution is -0.144. The Kier molecular flexibility index (Phi) is 5.91. The van der Waals surface area contributed by atoms with Gasteiger partial charge < -0.3 is 15.7 Å². The largest absolute Gasteiger partial charge is 0.481 e. The van der Waals surface area contributed by atoms with Crippen LogP contribution in [0.1, 0.15) is 31.2 Å². The number of anilines is 2. The summed E-state index contributed by atoms with van der Waals surface area (Å²) in [7, 11) is 0. The van der Waals surface area contributed by atoms with Crippen molar-refractivity contribution in [2.45, 2.75) is 44.2 Å². The molecule has 2 unspecified atom stereocenters. The van der Waals surface area contributed by atoms with Gasteiger partial charge in [0.2, 0.25) is 11.9 Å². The summed E-state index contributed by atoms with van der Waals surface area (Å²) >= 11 is 6.02. The van der Waals surface area contributed by atoms with E-state index in [0.717, 1.165) is 50.2 Å². The number of aliphatic carboxylic acids is 1. The van der Waals surface area contributed by atoms with E-state index in [2.05, 4.69) is 37.1 Å². The zero-order valence-corrected chi connectivity index (χ0v) is 17.1. The number of likely N-dealkylation sites (tertiary alicyclic amines) is 1. The predicted octanol–water partition coefficient (Wildman–Crippen LogP) is 2.42. The molecule has 2 aromatic rings. The first-order chi connectivity index (χ1) is 14.0. The number of hydrogen-bond donors (Lipinski definition) is 3. The van der Waals surface area contributed by atoms with Crippen molar-refractivity contribution in [1.29, 1.82) is 0 Å². The van der Waals surface area contributed by atoms with Gasteiger partial charge in [-0.05, 0) is 49.8 Å².